The lowest BCUT2D eigenvalue weighted by atomic mass is 10.0. The Kier molecular flexibility index (Phi) is 5.49. The first-order chi connectivity index (χ1) is 8.08. The number of aliphatic hydroxyl groups is 1. The molecule has 0 spiro atoms. The molecular formula is C15H24O2. The molecule has 1 aromatic carbocycles. The molecule has 1 aromatic rings. The Balaban J connectivity index is 2.78. The van der Waals surface area contributed by atoms with Crippen molar-refractivity contribution < 1.29 is 9.84 Å². The van der Waals surface area contributed by atoms with Crippen LogP contribution in [0.3, 0.4) is 0 Å². The Labute approximate surface area is 105 Å². The molecule has 0 unspecified atom stereocenters. The molecule has 0 aliphatic rings. The Morgan fingerprint density at radius 2 is 1.88 bits per heavy atom. The Bertz CT molecular complexity index is 341. The summed E-state index contributed by atoms with van der Waals surface area (Å²) in [4.78, 5) is 0. The van der Waals surface area contributed by atoms with E-state index < -0.39 is 6.10 Å². The molecule has 0 saturated heterocycles. The summed E-state index contributed by atoms with van der Waals surface area (Å²) in [5.41, 5.74) is 2.04. The van der Waals surface area contributed by atoms with Gasteiger partial charge in [-0.05, 0) is 31.4 Å². The first-order valence-corrected chi connectivity index (χ1v) is 6.49. The minimum absolute atomic E-state index is 0.479. The zero-order chi connectivity index (χ0) is 12.8. The minimum atomic E-state index is -0.479. The molecule has 0 aromatic heterocycles. The van der Waals surface area contributed by atoms with Gasteiger partial charge in [0.25, 0.3) is 0 Å². The second kappa shape index (κ2) is 6.65. The van der Waals surface area contributed by atoms with Crippen LogP contribution in [-0.2, 0) is 0 Å². The highest BCUT2D eigenvalue weighted by Crippen LogP contribution is 2.27. The average molecular weight is 236 g/mol. The molecule has 0 heterocycles. The number of rotatable bonds is 6. The predicted molar refractivity (Wildman–Crippen MR) is 71.4 cm³/mol. The van der Waals surface area contributed by atoms with Crippen molar-refractivity contribution in [2.24, 2.45) is 5.92 Å². The molecule has 17 heavy (non-hydrogen) atoms. The van der Waals surface area contributed by atoms with Gasteiger partial charge in [-0.15, -0.1) is 0 Å². The summed E-state index contributed by atoms with van der Waals surface area (Å²) < 4.78 is 5.86. The van der Waals surface area contributed by atoms with E-state index in [9.17, 15) is 5.11 Å². The molecule has 0 saturated carbocycles. The minimum Gasteiger partial charge on any atom is -0.493 e. The molecule has 2 nitrogen and oxygen atoms in total. The molecule has 2 heteroatoms. The Morgan fingerprint density at radius 3 is 2.41 bits per heavy atom. The third-order valence-electron chi connectivity index (χ3n) is 3.25. The van der Waals surface area contributed by atoms with E-state index in [2.05, 4.69) is 13.8 Å². The molecule has 96 valence electrons. The van der Waals surface area contributed by atoms with E-state index in [1.807, 2.05) is 25.1 Å². The van der Waals surface area contributed by atoms with Crippen molar-refractivity contribution in [2.45, 2.75) is 46.6 Å². The van der Waals surface area contributed by atoms with E-state index in [1.165, 1.54) is 0 Å². The number of benzene rings is 1. The third-order valence-corrected chi connectivity index (χ3v) is 3.25. The molecule has 1 atom stereocenters. The van der Waals surface area contributed by atoms with Crippen LogP contribution in [0, 0.1) is 12.8 Å². The van der Waals surface area contributed by atoms with E-state index in [1.54, 1.807) is 6.92 Å². The first kappa shape index (κ1) is 14.0. The highest BCUT2D eigenvalue weighted by atomic mass is 16.5. The zero-order valence-electron chi connectivity index (χ0n) is 11.4. The van der Waals surface area contributed by atoms with Crippen LogP contribution in [0.15, 0.2) is 18.2 Å². The van der Waals surface area contributed by atoms with E-state index in [4.69, 9.17) is 4.74 Å². The topological polar surface area (TPSA) is 29.5 Å². The summed E-state index contributed by atoms with van der Waals surface area (Å²) in [6, 6.07) is 5.96. The van der Waals surface area contributed by atoms with Gasteiger partial charge in [-0.1, -0.05) is 38.8 Å². The van der Waals surface area contributed by atoms with Crippen LogP contribution in [0.1, 0.15) is 50.8 Å². The fourth-order valence-electron chi connectivity index (χ4n) is 1.84. The van der Waals surface area contributed by atoms with Gasteiger partial charge in [0.15, 0.2) is 0 Å². The van der Waals surface area contributed by atoms with Gasteiger partial charge < -0.3 is 9.84 Å². The SMILES string of the molecule is CCC(CC)COc1cc(C)ccc1[C@H](C)O. The molecule has 0 radical (unpaired) electrons. The van der Waals surface area contributed by atoms with Gasteiger partial charge in [0, 0.05) is 5.56 Å². The molecule has 0 fully saturated rings. The maximum Gasteiger partial charge on any atom is 0.125 e. The van der Waals surface area contributed by atoms with E-state index in [-0.39, 0.29) is 0 Å². The molecule has 0 bridgehead atoms. The van der Waals surface area contributed by atoms with Crippen LogP contribution >= 0.6 is 0 Å². The van der Waals surface area contributed by atoms with Crippen molar-refractivity contribution >= 4 is 0 Å². The summed E-state index contributed by atoms with van der Waals surface area (Å²) in [6.45, 7) is 8.91. The predicted octanol–water partition coefficient (Wildman–Crippen LogP) is 3.86. The summed E-state index contributed by atoms with van der Waals surface area (Å²) >= 11 is 0. The highest BCUT2D eigenvalue weighted by molar-refractivity contribution is 5.38. The fourth-order valence-corrected chi connectivity index (χ4v) is 1.84. The molecule has 1 N–H and O–H groups in total. The van der Waals surface area contributed by atoms with Crippen molar-refractivity contribution in [3.8, 4) is 5.75 Å². The average Bonchev–Trinajstić information content (AvgIpc) is 2.30. The largest absolute Gasteiger partial charge is 0.493 e. The molecule has 1 rings (SSSR count). The maximum atomic E-state index is 9.70. The number of hydrogen-bond donors (Lipinski definition) is 1. The number of aliphatic hydroxyl groups excluding tert-OH is 1. The van der Waals surface area contributed by atoms with Gasteiger partial charge >= 0.3 is 0 Å². The van der Waals surface area contributed by atoms with Gasteiger partial charge in [0.2, 0.25) is 0 Å². The van der Waals surface area contributed by atoms with Crippen molar-refractivity contribution in [2.75, 3.05) is 6.61 Å². The van der Waals surface area contributed by atoms with E-state index in [0.717, 1.165) is 36.3 Å². The molecule has 0 amide bonds. The fraction of sp³-hybridized carbons (Fsp3) is 0.600. The second-order valence-electron chi connectivity index (χ2n) is 4.71. The molecular weight excluding hydrogens is 212 g/mol. The number of ether oxygens (including phenoxy) is 1. The lowest BCUT2D eigenvalue weighted by Crippen LogP contribution is -2.11. The monoisotopic (exact) mass is 236 g/mol. The van der Waals surface area contributed by atoms with Gasteiger partial charge in [0.05, 0.1) is 12.7 Å². The van der Waals surface area contributed by atoms with Crippen LogP contribution in [-0.4, -0.2) is 11.7 Å². The molecule has 0 aliphatic heterocycles. The maximum absolute atomic E-state index is 9.70. The standard InChI is InChI=1S/C15H24O2/c1-5-13(6-2)10-17-15-9-11(3)7-8-14(15)12(4)16/h7-9,12-13,16H,5-6,10H2,1-4H3/t12-/m0/s1. The van der Waals surface area contributed by atoms with Gasteiger partial charge in [-0.2, -0.15) is 0 Å². The van der Waals surface area contributed by atoms with E-state index >= 15 is 0 Å². The summed E-state index contributed by atoms with van der Waals surface area (Å²) in [6.07, 6.45) is 1.78. The van der Waals surface area contributed by atoms with Crippen molar-refractivity contribution in [3.63, 3.8) is 0 Å². The number of hydrogen-bond acceptors (Lipinski definition) is 2. The third kappa shape index (κ3) is 4.04. The van der Waals surface area contributed by atoms with E-state index in [0.29, 0.717) is 5.92 Å². The van der Waals surface area contributed by atoms with Crippen molar-refractivity contribution in [1.82, 2.24) is 0 Å². The summed E-state index contributed by atoms with van der Waals surface area (Å²) in [7, 11) is 0. The highest BCUT2D eigenvalue weighted by Gasteiger charge is 2.11. The smallest absolute Gasteiger partial charge is 0.125 e. The zero-order valence-corrected chi connectivity index (χ0v) is 11.4. The quantitative estimate of drug-likeness (QED) is 0.812. The molecule has 0 aliphatic carbocycles. The van der Waals surface area contributed by atoms with Crippen LogP contribution in [0.25, 0.3) is 0 Å². The summed E-state index contributed by atoms with van der Waals surface area (Å²) in [5, 5.41) is 9.70. The normalized spacial score (nSPS) is 12.8. The van der Waals surface area contributed by atoms with Crippen LogP contribution in [0.5, 0.6) is 5.75 Å². The van der Waals surface area contributed by atoms with Crippen molar-refractivity contribution in [3.05, 3.63) is 29.3 Å². The van der Waals surface area contributed by atoms with Crippen LogP contribution < -0.4 is 4.74 Å². The van der Waals surface area contributed by atoms with Crippen molar-refractivity contribution in [1.29, 1.82) is 0 Å². The second-order valence-corrected chi connectivity index (χ2v) is 4.71. The van der Waals surface area contributed by atoms with Crippen LogP contribution in [0.4, 0.5) is 0 Å². The van der Waals surface area contributed by atoms with Gasteiger partial charge in [-0.25, -0.2) is 0 Å². The van der Waals surface area contributed by atoms with Crippen LogP contribution in [0.2, 0.25) is 0 Å². The van der Waals surface area contributed by atoms with Gasteiger partial charge in [0.1, 0.15) is 5.75 Å². The number of aryl methyl sites for hydroxylation is 1. The first-order valence-electron chi connectivity index (χ1n) is 6.49. The Hall–Kier alpha value is -1.02. The lowest BCUT2D eigenvalue weighted by Gasteiger charge is -2.18. The lowest BCUT2D eigenvalue weighted by molar-refractivity contribution is 0.184. The summed E-state index contributed by atoms with van der Waals surface area (Å²) in [5.74, 6) is 1.42. The van der Waals surface area contributed by atoms with Gasteiger partial charge in [-0.3, -0.25) is 0 Å². The Morgan fingerprint density at radius 1 is 1.24 bits per heavy atom.